The van der Waals surface area contributed by atoms with Gasteiger partial charge in [-0.2, -0.15) is 0 Å². The van der Waals surface area contributed by atoms with Crippen molar-refractivity contribution in [2.24, 2.45) is 5.92 Å². The van der Waals surface area contributed by atoms with Crippen LogP contribution in [0, 0.1) is 5.92 Å². The first-order chi connectivity index (χ1) is 15.0. The van der Waals surface area contributed by atoms with Crippen LogP contribution in [0.2, 0.25) is 0 Å². The van der Waals surface area contributed by atoms with E-state index in [1.165, 1.54) is 43.2 Å². The van der Waals surface area contributed by atoms with E-state index in [0.717, 1.165) is 44.9 Å². The molecule has 0 saturated heterocycles. The van der Waals surface area contributed by atoms with E-state index in [1.807, 2.05) is 0 Å². The Balaban J connectivity index is 1.63. The Labute approximate surface area is 184 Å². The molecule has 1 aromatic carbocycles. The summed E-state index contributed by atoms with van der Waals surface area (Å²) in [6.45, 7) is 8.86. The third-order valence-corrected chi connectivity index (χ3v) is 6.88. The van der Waals surface area contributed by atoms with Crippen molar-refractivity contribution in [2.45, 2.75) is 71.6 Å². The van der Waals surface area contributed by atoms with Gasteiger partial charge < -0.3 is 4.42 Å². The number of fused-ring (bicyclic) bond motifs is 3. The van der Waals surface area contributed by atoms with Crippen LogP contribution in [0.25, 0.3) is 33.3 Å². The first kappa shape index (κ1) is 20.2. The van der Waals surface area contributed by atoms with E-state index >= 15 is 0 Å². The molecule has 5 rings (SSSR count). The van der Waals surface area contributed by atoms with Gasteiger partial charge in [-0.15, -0.1) is 0 Å². The summed E-state index contributed by atoms with van der Waals surface area (Å²) in [5, 5.41) is 2.19. The number of hydrogen-bond donors (Lipinski definition) is 0. The predicted molar refractivity (Wildman–Crippen MR) is 129 cm³/mol. The summed E-state index contributed by atoms with van der Waals surface area (Å²) in [6.07, 6.45) is 8.74. The van der Waals surface area contributed by atoms with Crippen LogP contribution in [0.5, 0.6) is 0 Å². The monoisotopic (exact) mass is 412 g/mol. The molecule has 4 aromatic rings. The number of furan rings is 1. The fraction of sp³-hybridized carbons (Fsp3) is 0.429. The van der Waals surface area contributed by atoms with Gasteiger partial charge in [0.05, 0.1) is 5.69 Å². The first-order valence-electron chi connectivity index (χ1n) is 11.8. The largest absolute Gasteiger partial charge is 0.437 e. The minimum atomic E-state index is 0.375. The van der Waals surface area contributed by atoms with Crippen LogP contribution in [-0.2, 0) is 6.42 Å². The molecule has 3 heterocycles. The molecule has 0 aliphatic heterocycles. The Morgan fingerprint density at radius 2 is 1.77 bits per heavy atom. The highest BCUT2D eigenvalue weighted by molar-refractivity contribution is 6.08. The van der Waals surface area contributed by atoms with Crippen LogP contribution >= 0.6 is 0 Å². The molecule has 3 heteroatoms. The Kier molecular flexibility index (Phi) is 5.29. The summed E-state index contributed by atoms with van der Waals surface area (Å²) in [5.74, 6) is 1.67. The molecule has 1 aliphatic rings. The molecule has 3 nitrogen and oxygen atoms in total. The third kappa shape index (κ3) is 3.75. The second-order valence-electron chi connectivity index (χ2n) is 9.81. The molecule has 0 amide bonds. The average molecular weight is 413 g/mol. The molecular formula is C28H32N2O. The Morgan fingerprint density at radius 3 is 2.52 bits per heavy atom. The summed E-state index contributed by atoms with van der Waals surface area (Å²) in [5.41, 5.74) is 7.58. The van der Waals surface area contributed by atoms with E-state index in [-0.39, 0.29) is 0 Å². The number of para-hydroxylation sites is 1. The number of pyridine rings is 2. The summed E-state index contributed by atoms with van der Waals surface area (Å²) >= 11 is 0. The lowest BCUT2D eigenvalue weighted by Crippen LogP contribution is -2.05. The summed E-state index contributed by atoms with van der Waals surface area (Å²) in [4.78, 5) is 9.67. The quantitative estimate of drug-likeness (QED) is 0.333. The number of nitrogens with zero attached hydrogens (tertiary/aromatic N) is 2. The van der Waals surface area contributed by atoms with Gasteiger partial charge in [-0.1, -0.05) is 65.5 Å². The minimum absolute atomic E-state index is 0.375. The van der Waals surface area contributed by atoms with Gasteiger partial charge in [0.2, 0.25) is 5.71 Å². The maximum atomic E-state index is 6.33. The van der Waals surface area contributed by atoms with Crippen molar-refractivity contribution in [3.8, 4) is 11.3 Å². The minimum Gasteiger partial charge on any atom is -0.437 e. The standard InChI is InChI=1S/C28H32N2O/c1-17(2)24-16-29-26(15-20(24)14-19-8-5-6-9-19)23-11-7-10-21-22-12-13-25(18(3)4)30-28(22)31-27(21)23/h7,10-13,15-19H,5-6,8-9,14H2,1-4H3. The highest BCUT2D eigenvalue weighted by Gasteiger charge is 2.20. The maximum Gasteiger partial charge on any atom is 0.227 e. The van der Waals surface area contributed by atoms with E-state index in [9.17, 15) is 0 Å². The molecule has 0 unspecified atom stereocenters. The zero-order chi connectivity index (χ0) is 21.5. The van der Waals surface area contributed by atoms with E-state index < -0.39 is 0 Å². The summed E-state index contributed by atoms with van der Waals surface area (Å²) < 4.78 is 6.33. The maximum absolute atomic E-state index is 6.33. The lowest BCUT2D eigenvalue weighted by Gasteiger charge is -2.17. The molecule has 0 atom stereocenters. The molecule has 1 fully saturated rings. The normalized spacial score (nSPS) is 15.2. The Bertz CT molecular complexity index is 1230. The van der Waals surface area contributed by atoms with Crippen molar-refractivity contribution in [1.29, 1.82) is 0 Å². The number of rotatable bonds is 5. The Hall–Kier alpha value is -2.68. The zero-order valence-electron chi connectivity index (χ0n) is 19.1. The highest BCUT2D eigenvalue weighted by atomic mass is 16.3. The first-order valence-corrected chi connectivity index (χ1v) is 11.8. The molecular weight excluding hydrogens is 380 g/mol. The molecule has 160 valence electrons. The van der Waals surface area contributed by atoms with Crippen LogP contribution in [0.15, 0.2) is 47.0 Å². The summed E-state index contributed by atoms with van der Waals surface area (Å²) in [7, 11) is 0. The van der Waals surface area contributed by atoms with Gasteiger partial charge in [0.1, 0.15) is 5.58 Å². The lowest BCUT2D eigenvalue weighted by atomic mass is 9.90. The van der Waals surface area contributed by atoms with Gasteiger partial charge >= 0.3 is 0 Å². The zero-order valence-corrected chi connectivity index (χ0v) is 19.1. The second-order valence-corrected chi connectivity index (χ2v) is 9.81. The van der Waals surface area contributed by atoms with Crippen molar-refractivity contribution in [1.82, 2.24) is 9.97 Å². The van der Waals surface area contributed by atoms with E-state index in [1.54, 1.807) is 0 Å². The highest BCUT2D eigenvalue weighted by Crippen LogP contribution is 2.37. The van der Waals surface area contributed by atoms with Crippen LogP contribution in [0.4, 0.5) is 0 Å². The van der Waals surface area contributed by atoms with Gasteiger partial charge in [-0.25, -0.2) is 4.98 Å². The van der Waals surface area contributed by atoms with Gasteiger partial charge in [-0.3, -0.25) is 4.98 Å². The fourth-order valence-corrected chi connectivity index (χ4v) is 5.09. The summed E-state index contributed by atoms with van der Waals surface area (Å²) in [6, 6.07) is 13.0. The number of aromatic nitrogens is 2. The van der Waals surface area contributed by atoms with Gasteiger partial charge in [0, 0.05) is 28.2 Å². The molecule has 0 spiro atoms. The SMILES string of the molecule is CC(C)c1ccc2c(n1)oc1c(-c3cc(CC4CCCC4)c(C(C)C)cn3)cccc12. The van der Waals surface area contributed by atoms with E-state index in [0.29, 0.717) is 11.8 Å². The predicted octanol–water partition coefficient (Wildman–Crippen LogP) is 8.02. The molecule has 0 N–H and O–H groups in total. The average Bonchev–Trinajstić information content (AvgIpc) is 3.40. The topological polar surface area (TPSA) is 38.9 Å². The number of hydrogen-bond acceptors (Lipinski definition) is 3. The van der Waals surface area contributed by atoms with Crippen LogP contribution in [0.1, 0.15) is 82.0 Å². The molecule has 31 heavy (non-hydrogen) atoms. The van der Waals surface area contributed by atoms with Crippen molar-refractivity contribution < 1.29 is 4.42 Å². The molecule has 0 radical (unpaired) electrons. The number of benzene rings is 1. The Morgan fingerprint density at radius 1 is 0.968 bits per heavy atom. The lowest BCUT2D eigenvalue weighted by molar-refractivity contribution is 0.542. The smallest absolute Gasteiger partial charge is 0.227 e. The van der Waals surface area contributed by atoms with E-state index in [4.69, 9.17) is 14.4 Å². The van der Waals surface area contributed by atoms with Gasteiger partial charge in [0.15, 0.2) is 0 Å². The van der Waals surface area contributed by atoms with Crippen LogP contribution < -0.4 is 0 Å². The van der Waals surface area contributed by atoms with Gasteiger partial charge in [-0.05, 0) is 59.6 Å². The van der Waals surface area contributed by atoms with Crippen LogP contribution in [0.3, 0.4) is 0 Å². The van der Waals surface area contributed by atoms with Gasteiger partial charge in [0.25, 0.3) is 0 Å². The third-order valence-electron chi connectivity index (χ3n) is 6.88. The van der Waals surface area contributed by atoms with Crippen molar-refractivity contribution in [3.05, 3.63) is 59.4 Å². The van der Waals surface area contributed by atoms with Crippen LogP contribution in [-0.4, -0.2) is 9.97 Å². The fourth-order valence-electron chi connectivity index (χ4n) is 5.09. The molecule has 0 bridgehead atoms. The molecule has 3 aromatic heterocycles. The van der Waals surface area contributed by atoms with Crippen molar-refractivity contribution in [2.75, 3.05) is 0 Å². The molecule has 1 aliphatic carbocycles. The van der Waals surface area contributed by atoms with E-state index in [2.05, 4.69) is 70.3 Å². The second kappa shape index (κ2) is 8.11. The van der Waals surface area contributed by atoms with Crippen molar-refractivity contribution in [3.63, 3.8) is 0 Å². The molecule has 1 saturated carbocycles. The van der Waals surface area contributed by atoms with Crippen molar-refractivity contribution >= 4 is 22.1 Å².